The molecule has 1 unspecified atom stereocenters. The van der Waals surface area contributed by atoms with Gasteiger partial charge in [0.25, 0.3) is 0 Å². The molecular formula is C10H12FN3O. The quantitative estimate of drug-likeness (QED) is 0.708. The molecule has 0 saturated heterocycles. The molecule has 15 heavy (non-hydrogen) atoms. The number of aliphatic hydroxyl groups is 1. The van der Waals surface area contributed by atoms with Gasteiger partial charge in [0.05, 0.1) is 6.20 Å². The molecule has 4 nitrogen and oxygen atoms in total. The fraction of sp³-hybridized carbons (Fsp3) is 0.300. The summed E-state index contributed by atoms with van der Waals surface area (Å²) in [5, 5.41) is 9.44. The smallest absolute Gasteiger partial charge is 0.142 e. The van der Waals surface area contributed by atoms with E-state index in [9.17, 15) is 4.39 Å². The molecule has 0 aliphatic carbocycles. The lowest BCUT2D eigenvalue weighted by molar-refractivity contribution is 0.276. The third kappa shape index (κ3) is 1.98. The molecule has 0 aromatic carbocycles. The summed E-state index contributed by atoms with van der Waals surface area (Å²) in [6, 6.07) is 2.88. The molecule has 0 fully saturated rings. The molecular weight excluding hydrogens is 197 g/mol. The fourth-order valence-electron chi connectivity index (χ4n) is 1.50. The van der Waals surface area contributed by atoms with Crippen LogP contribution in [0, 0.1) is 5.82 Å². The van der Waals surface area contributed by atoms with Crippen LogP contribution in [0.1, 0.15) is 18.2 Å². The van der Waals surface area contributed by atoms with Gasteiger partial charge < -0.3 is 15.8 Å². The topological polar surface area (TPSA) is 74.9 Å². The summed E-state index contributed by atoms with van der Waals surface area (Å²) < 4.78 is 12.8. The van der Waals surface area contributed by atoms with Crippen molar-refractivity contribution in [2.75, 3.05) is 6.61 Å². The van der Waals surface area contributed by atoms with Crippen LogP contribution in [-0.4, -0.2) is 21.7 Å². The Balaban J connectivity index is 2.38. The van der Waals surface area contributed by atoms with Crippen molar-refractivity contribution in [1.29, 1.82) is 0 Å². The van der Waals surface area contributed by atoms with Gasteiger partial charge in [-0.15, -0.1) is 0 Å². The summed E-state index contributed by atoms with van der Waals surface area (Å²) in [7, 11) is 0. The molecule has 2 rings (SSSR count). The number of nitrogens with two attached hydrogens (primary N) is 1. The second-order valence-electron chi connectivity index (χ2n) is 3.43. The molecule has 0 spiro atoms. The molecule has 0 aliphatic rings. The Labute approximate surface area is 85.9 Å². The lowest BCUT2D eigenvalue weighted by Gasteiger charge is -2.05. The first kappa shape index (κ1) is 10.1. The van der Waals surface area contributed by atoms with Crippen LogP contribution in [-0.2, 0) is 0 Å². The highest BCUT2D eigenvalue weighted by Gasteiger charge is 2.09. The lowest BCUT2D eigenvalue weighted by Crippen LogP contribution is -2.12. The Bertz CT molecular complexity index is 469. The van der Waals surface area contributed by atoms with E-state index in [0.717, 1.165) is 11.9 Å². The zero-order valence-corrected chi connectivity index (χ0v) is 8.07. The van der Waals surface area contributed by atoms with Gasteiger partial charge in [0.15, 0.2) is 0 Å². The molecule has 4 N–H and O–H groups in total. The Morgan fingerprint density at radius 3 is 3.07 bits per heavy atom. The molecule has 0 amide bonds. The van der Waals surface area contributed by atoms with Crippen LogP contribution >= 0.6 is 0 Å². The highest BCUT2D eigenvalue weighted by molar-refractivity contribution is 5.76. The number of H-pyrrole nitrogens is 1. The van der Waals surface area contributed by atoms with Gasteiger partial charge in [-0.05, 0) is 18.6 Å². The first-order valence-electron chi connectivity index (χ1n) is 4.71. The Morgan fingerprint density at radius 1 is 1.53 bits per heavy atom. The van der Waals surface area contributed by atoms with E-state index in [1.165, 1.54) is 6.07 Å². The minimum absolute atomic E-state index is 0.0261. The molecule has 2 aromatic rings. The third-order valence-electron chi connectivity index (χ3n) is 2.30. The van der Waals surface area contributed by atoms with E-state index >= 15 is 0 Å². The number of nitrogens with one attached hydrogen (secondary N) is 1. The van der Waals surface area contributed by atoms with Crippen LogP contribution in [0.2, 0.25) is 0 Å². The van der Waals surface area contributed by atoms with Crippen LogP contribution in [0.3, 0.4) is 0 Å². The second-order valence-corrected chi connectivity index (χ2v) is 3.43. The van der Waals surface area contributed by atoms with Gasteiger partial charge >= 0.3 is 0 Å². The largest absolute Gasteiger partial charge is 0.396 e. The molecule has 0 saturated carbocycles. The molecule has 2 aromatic heterocycles. The number of fused-ring (bicyclic) bond motifs is 1. The van der Waals surface area contributed by atoms with E-state index in [4.69, 9.17) is 10.8 Å². The maximum absolute atomic E-state index is 12.8. The van der Waals surface area contributed by atoms with Crippen molar-refractivity contribution in [3.8, 4) is 0 Å². The van der Waals surface area contributed by atoms with Gasteiger partial charge in [-0.25, -0.2) is 9.37 Å². The van der Waals surface area contributed by atoms with Crippen molar-refractivity contribution < 1.29 is 9.50 Å². The number of pyridine rings is 1. The van der Waals surface area contributed by atoms with Crippen molar-refractivity contribution in [2.45, 2.75) is 12.5 Å². The predicted octanol–water partition coefficient (Wildman–Crippen LogP) is 1.08. The van der Waals surface area contributed by atoms with E-state index < -0.39 is 0 Å². The number of aromatic amines is 1. The average Bonchev–Trinajstić information content (AvgIpc) is 2.60. The van der Waals surface area contributed by atoms with E-state index in [-0.39, 0.29) is 18.5 Å². The van der Waals surface area contributed by atoms with E-state index in [2.05, 4.69) is 9.97 Å². The summed E-state index contributed by atoms with van der Waals surface area (Å²) in [6.07, 6.45) is 1.62. The van der Waals surface area contributed by atoms with Crippen molar-refractivity contribution in [2.24, 2.45) is 5.73 Å². The normalized spacial score (nSPS) is 13.3. The number of hydrogen-bond donors (Lipinski definition) is 3. The zero-order valence-electron chi connectivity index (χ0n) is 8.07. The number of halogens is 1. The van der Waals surface area contributed by atoms with Gasteiger partial charge in [0.2, 0.25) is 0 Å². The molecule has 2 heterocycles. The molecule has 0 radical (unpaired) electrons. The number of aliphatic hydroxyl groups excluding tert-OH is 1. The fourth-order valence-corrected chi connectivity index (χ4v) is 1.50. The first-order chi connectivity index (χ1) is 7.20. The average molecular weight is 209 g/mol. The third-order valence-corrected chi connectivity index (χ3v) is 2.30. The zero-order chi connectivity index (χ0) is 10.8. The number of hydrogen-bond acceptors (Lipinski definition) is 3. The first-order valence-corrected chi connectivity index (χ1v) is 4.71. The molecule has 1 atom stereocenters. The second kappa shape index (κ2) is 3.96. The van der Waals surface area contributed by atoms with Gasteiger partial charge in [-0.3, -0.25) is 0 Å². The number of nitrogens with zero attached hydrogens (tertiary/aromatic N) is 1. The van der Waals surface area contributed by atoms with Crippen molar-refractivity contribution in [3.05, 3.63) is 29.8 Å². The van der Waals surface area contributed by atoms with Crippen molar-refractivity contribution in [1.82, 2.24) is 9.97 Å². The SMILES string of the molecule is NC(CCO)c1cc2cc(F)cnc2[nH]1. The minimum atomic E-state index is -0.372. The maximum atomic E-state index is 12.8. The van der Waals surface area contributed by atoms with E-state index in [0.29, 0.717) is 17.5 Å². The van der Waals surface area contributed by atoms with E-state index in [1.54, 1.807) is 6.07 Å². The summed E-state index contributed by atoms with van der Waals surface area (Å²) in [6.45, 7) is 0.0261. The summed E-state index contributed by atoms with van der Waals surface area (Å²) in [5.74, 6) is -0.372. The minimum Gasteiger partial charge on any atom is -0.396 e. The van der Waals surface area contributed by atoms with Crippen molar-refractivity contribution >= 4 is 11.0 Å². The Morgan fingerprint density at radius 2 is 2.33 bits per heavy atom. The molecule has 80 valence electrons. The standard InChI is InChI=1S/C10H12FN3O/c11-7-3-6-4-9(8(12)1-2-15)14-10(6)13-5-7/h3-5,8,15H,1-2,12H2,(H,13,14). The Hall–Kier alpha value is -1.46. The maximum Gasteiger partial charge on any atom is 0.142 e. The van der Waals surface area contributed by atoms with Crippen molar-refractivity contribution in [3.63, 3.8) is 0 Å². The number of aromatic nitrogens is 2. The van der Waals surface area contributed by atoms with Crippen LogP contribution < -0.4 is 5.73 Å². The molecule has 0 aliphatic heterocycles. The highest BCUT2D eigenvalue weighted by atomic mass is 19.1. The van der Waals surface area contributed by atoms with Gasteiger partial charge in [-0.1, -0.05) is 0 Å². The highest BCUT2D eigenvalue weighted by Crippen LogP contribution is 2.19. The van der Waals surface area contributed by atoms with Crippen LogP contribution in [0.4, 0.5) is 4.39 Å². The summed E-state index contributed by atoms with van der Waals surface area (Å²) >= 11 is 0. The monoisotopic (exact) mass is 209 g/mol. The molecule has 0 bridgehead atoms. The summed E-state index contributed by atoms with van der Waals surface area (Å²) in [4.78, 5) is 6.89. The summed E-state index contributed by atoms with van der Waals surface area (Å²) in [5.41, 5.74) is 7.17. The Kier molecular flexibility index (Phi) is 2.66. The van der Waals surface area contributed by atoms with Gasteiger partial charge in [0.1, 0.15) is 11.5 Å². The van der Waals surface area contributed by atoms with Crippen LogP contribution in [0.15, 0.2) is 18.3 Å². The van der Waals surface area contributed by atoms with E-state index in [1.807, 2.05) is 0 Å². The number of rotatable bonds is 3. The van der Waals surface area contributed by atoms with Crippen LogP contribution in [0.5, 0.6) is 0 Å². The van der Waals surface area contributed by atoms with Gasteiger partial charge in [-0.2, -0.15) is 0 Å². The van der Waals surface area contributed by atoms with Crippen LogP contribution in [0.25, 0.3) is 11.0 Å². The lowest BCUT2D eigenvalue weighted by atomic mass is 10.1. The molecule has 5 heteroatoms. The van der Waals surface area contributed by atoms with Gasteiger partial charge in [0, 0.05) is 23.7 Å². The predicted molar refractivity (Wildman–Crippen MR) is 54.7 cm³/mol.